The molecule has 1 N–H and O–H groups in total. The number of halogens is 1. The van der Waals surface area contributed by atoms with Crippen LogP contribution in [-0.2, 0) is 0 Å². The molecule has 1 atom stereocenters. The lowest BCUT2D eigenvalue weighted by atomic mass is 10.1. The Bertz CT molecular complexity index is 580. The molecule has 1 unspecified atom stereocenters. The largest absolute Gasteiger partial charge is 0.350 e. The summed E-state index contributed by atoms with van der Waals surface area (Å²) in [6.45, 7) is 4.07. The predicted octanol–water partition coefficient (Wildman–Crippen LogP) is 4.13. The van der Waals surface area contributed by atoms with Crippen LogP contribution in [0.2, 0.25) is 0 Å². The fourth-order valence-electron chi connectivity index (χ4n) is 1.77. The zero-order valence-corrected chi connectivity index (χ0v) is 12.1. The van der Waals surface area contributed by atoms with Gasteiger partial charge in [-0.3, -0.25) is 4.79 Å². The van der Waals surface area contributed by atoms with E-state index < -0.39 is 0 Å². The van der Waals surface area contributed by atoms with E-state index in [0.29, 0.717) is 5.56 Å². The summed E-state index contributed by atoms with van der Waals surface area (Å²) in [7, 11) is 0. The maximum atomic E-state index is 12.0. The van der Waals surface area contributed by atoms with Gasteiger partial charge in [0.1, 0.15) is 0 Å². The first-order valence-electron chi connectivity index (χ1n) is 6.10. The molecule has 0 radical (unpaired) electrons. The van der Waals surface area contributed by atoms with Gasteiger partial charge in [0.25, 0.3) is 5.91 Å². The summed E-state index contributed by atoms with van der Waals surface area (Å²) >= 11 is 3.44. The second kappa shape index (κ2) is 5.53. The van der Waals surface area contributed by atoms with Crippen molar-refractivity contribution in [3.63, 3.8) is 0 Å². The Labute approximate surface area is 116 Å². The zero-order valence-electron chi connectivity index (χ0n) is 10.5. The molecule has 0 saturated carbocycles. The first-order chi connectivity index (χ1) is 8.60. The first-order valence-corrected chi connectivity index (χ1v) is 6.89. The summed E-state index contributed by atoms with van der Waals surface area (Å²) in [5.74, 6) is -0.00540. The average Bonchev–Trinajstić information content (AvgIpc) is 2.37. The van der Waals surface area contributed by atoms with Crippen molar-refractivity contribution >= 4 is 32.6 Å². The molecule has 0 heterocycles. The van der Waals surface area contributed by atoms with Gasteiger partial charge in [-0.25, -0.2) is 0 Å². The molecule has 0 aliphatic heterocycles. The maximum Gasteiger partial charge on any atom is 0.251 e. The third-order valence-corrected chi connectivity index (χ3v) is 3.55. The van der Waals surface area contributed by atoms with Gasteiger partial charge in [0, 0.05) is 16.1 Å². The minimum atomic E-state index is -0.00540. The second-order valence-corrected chi connectivity index (χ2v) is 5.40. The van der Waals surface area contributed by atoms with E-state index in [9.17, 15) is 4.79 Å². The smallest absolute Gasteiger partial charge is 0.251 e. The summed E-state index contributed by atoms with van der Waals surface area (Å²) in [5, 5.41) is 5.18. The summed E-state index contributed by atoms with van der Waals surface area (Å²) in [5.41, 5.74) is 0.713. The predicted molar refractivity (Wildman–Crippen MR) is 78.9 cm³/mol. The van der Waals surface area contributed by atoms with E-state index in [1.165, 1.54) is 0 Å². The molecule has 0 saturated heterocycles. The molecule has 0 aliphatic rings. The van der Waals surface area contributed by atoms with Gasteiger partial charge in [0.05, 0.1) is 0 Å². The summed E-state index contributed by atoms with van der Waals surface area (Å²) in [6, 6.07) is 12.0. The van der Waals surface area contributed by atoms with Crippen molar-refractivity contribution in [1.29, 1.82) is 0 Å². The Morgan fingerprint density at radius 2 is 1.89 bits per heavy atom. The molecule has 0 aliphatic carbocycles. The molecule has 2 aromatic rings. The Balaban J connectivity index is 2.30. The minimum Gasteiger partial charge on any atom is -0.350 e. The highest BCUT2D eigenvalue weighted by atomic mass is 79.9. The molecule has 18 heavy (non-hydrogen) atoms. The molecule has 0 spiro atoms. The number of carbonyl (C=O) groups is 1. The van der Waals surface area contributed by atoms with E-state index in [0.717, 1.165) is 21.7 Å². The maximum absolute atomic E-state index is 12.0. The third kappa shape index (κ3) is 2.91. The van der Waals surface area contributed by atoms with Gasteiger partial charge in [0.2, 0.25) is 0 Å². The SMILES string of the molecule is CCC(C)NC(=O)c1ccc2cc(Br)ccc2c1. The molecule has 94 valence electrons. The molecule has 1 amide bonds. The molecule has 2 nitrogen and oxygen atoms in total. The lowest BCUT2D eigenvalue weighted by Gasteiger charge is -2.11. The fraction of sp³-hybridized carbons (Fsp3) is 0.267. The van der Waals surface area contributed by atoms with Crippen LogP contribution in [0.1, 0.15) is 30.6 Å². The quantitative estimate of drug-likeness (QED) is 0.907. The van der Waals surface area contributed by atoms with Crippen LogP contribution in [0.25, 0.3) is 10.8 Å². The standard InChI is InChI=1S/C15H16BrNO/c1-3-10(2)17-15(18)13-5-4-12-9-14(16)7-6-11(12)8-13/h4-10H,3H2,1-2H3,(H,17,18). The summed E-state index contributed by atoms with van der Waals surface area (Å²) < 4.78 is 1.05. The van der Waals surface area contributed by atoms with Crippen LogP contribution in [0.4, 0.5) is 0 Å². The van der Waals surface area contributed by atoms with E-state index in [-0.39, 0.29) is 11.9 Å². The van der Waals surface area contributed by atoms with Crippen LogP contribution < -0.4 is 5.32 Å². The average molecular weight is 306 g/mol. The van der Waals surface area contributed by atoms with Gasteiger partial charge < -0.3 is 5.32 Å². The van der Waals surface area contributed by atoms with Crippen molar-refractivity contribution < 1.29 is 4.79 Å². The van der Waals surface area contributed by atoms with Crippen LogP contribution in [0.15, 0.2) is 40.9 Å². The van der Waals surface area contributed by atoms with Crippen LogP contribution in [0.5, 0.6) is 0 Å². The number of benzene rings is 2. The number of carbonyl (C=O) groups excluding carboxylic acids is 1. The fourth-order valence-corrected chi connectivity index (χ4v) is 2.15. The molecule has 3 heteroatoms. The van der Waals surface area contributed by atoms with E-state index in [4.69, 9.17) is 0 Å². The zero-order chi connectivity index (χ0) is 13.1. The number of hydrogen-bond acceptors (Lipinski definition) is 1. The Morgan fingerprint density at radius 1 is 1.22 bits per heavy atom. The van der Waals surface area contributed by atoms with Crippen LogP contribution in [-0.4, -0.2) is 11.9 Å². The van der Waals surface area contributed by atoms with Crippen molar-refractivity contribution in [2.45, 2.75) is 26.3 Å². The lowest BCUT2D eigenvalue weighted by molar-refractivity contribution is 0.0939. The third-order valence-electron chi connectivity index (χ3n) is 3.05. The Morgan fingerprint density at radius 3 is 2.61 bits per heavy atom. The first kappa shape index (κ1) is 13.1. The van der Waals surface area contributed by atoms with Crippen molar-refractivity contribution in [3.8, 4) is 0 Å². The molecule has 0 bridgehead atoms. The van der Waals surface area contributed by atoms with E-state index in [2.05, 4.69) is 28.2 Å². The molecule has 0 fully saturated rings. The van der Waals surface area contributed by atoms with Crippen molar-refractivity contribution in [3.05, 3.63) is 46.4 Å². The van der Waals surface area contributed by atoms with Crippen molar-refractivity contribution in [2.75, 3.05) is 0 Å². The summed E-state index contributed by atoms with van der Waals surface area (Å²) in [6.07, 6.45) is 0.937. The Hall–Kier alpha value is -1.35. The number of rotatable bonds is 3. The molecular weight excluding hydrogens is 290 g/mol. The number of nitrogens with one attached hydrogen (secondary N) is 1. The topological polar surface area (TPSA) is 29.1 Å². The van der Waals surface area contributed by atoms with Crippen LogP contribution >= 0.6 is 15.9 Å². The number of fused-ring (bicyclic) bond motifs is 1. The van der Waals surface area contributed by atoms with E-state index in [1.54, 1.807) is 0 Å². The lowest BCUT2D eigenvalue weighted by Crippen LogP contribution is -2.31. The Kier molecular flexibility index (Phi) is 4.02. The van der Waals surface area contributed by atoms with Gasteiger partial charge in [-0.05, 0) is 48.4 Å². The molecule has 0 aromatic heterocycles. The minimum absolute atomic E-state index is 0.00540. The monoisotopic (exact) mass is 305 g/mol. The van der Waals surface area contributed by atoms with Gasteiger partial charge in [0.15, 0.2) is 0 Å². The van der Waals surface area contributed by atoms with Crippen molar-refractivity contribution in [1.82, 2.24) is 5.32 Å². The normalized spacial score (nSPS) is 12.4. The van der Waals surface area contributed by atoms with Crippen LogP contribution in [0.3, 0.4) is 0 Å². The van der Waals surface area contributed by atoms with Gasteiger partial charge in [-0.15, -0.1) is 0 Å². The molecule has 2 rings (SSSR count). The highest BCUT2D eigenvalue weighted by Gasteiger charge is 2.08. The van der Waals surface area contributed by atoms with Crippen molar-refractivity contribution in [2.24, 2.45) is 0 Å². The molecular formula is C15H16BrNO. The van der Waals surface area contributed by atoms with E-state index in [1.807, 2.05) is 43.3 Å². The summed E-state index contributed by atoms with van der Waals surface area (Å²) in [4.78, 5) is 12.0. The van der Waals surface area contributed by atoms with Gasteiger partial charge in [-0.1, -0.05) is 35.0 Å². The number of amides is 1. The second-order valence-electron chi connectivity index (χ2n) is 4.49. The number of hydrogen-bond donors (Lipinski definition) is 1. The van der Waals surface area contributed by atoms with E-state index >= 15 is 0 Å². The highest BCUT2D eigenvalue weighted by molar-refractivity contribution is 9.10. The van der Waals surface area contributed by atoms with Crippen LogP contribution in [0, 0.1) is 0 Å². The van der Waals surface area contributed by atoms with Gasteiger partial charge >= 0.3 is 0 Å². The van der Waals surface area contributed by atoms with Gasteiger partial charge in [-0.2, -0.15) is 0 Å². The highest BCUT2D eigenvalue weighted by Crippen LogP contribution is 2.21. The molecule has 2 aromatic carbocycles.